The number of rotatable bonds is 6. The number of aromatic nitrogens is 2. The third-order valence-electron chi connectivity index (χ3n) is 2.24. The van der Waals surface area contributed by atoms with E-state index in [1.54, 1.807) is 6.20 Å². The van der Waals surface area contributed by atoms with Gasteiger partial charge in [-0.15, -0.1) is 0 Å². The third-order valence-corrected chi connectivity index (χ3v) is 2.24. The zero-order valence-electron chi connectivity index (χ0n) is 9.22. The molecule has 1 aromatic rings. The van der Waals surface area contributed by atoms with Crippen LogP contribution >= 0.6 is 0 Å². The summed E-state index contributed by atoms with van der Waals surface area (Å²) in [7, 11) is 0. The van der Waals surface area contributed by atoms with Crippen LogP contribution in [0.15, 0.2) is 12.4 Å². The Bertz CT molecular complexity index is 307. The van der Waals surface area contributed by atoms with E-state index >= 15 is 0 Å². The van der Waals surface area contributed by atoms with Crippen LogP contribution in [0.1, 0.15) is 25.6 Å². The minimum atomic E-state index is -4.05. The van der Waals surface area contributed by atoms with Gasteiger partial charge in [-0.2, -0.15) is 13.2 Å². The lowest BCUT2D eigenvalue weighted by Gasteiger charge is -2.08. The summed E-state index contributed by atoms with van der Waals surface area (Å²) >= 11 is 0. The molecule has 1 rings (SSSR count). The summed E-state index contributed by atoms with van der Waals surface area (Å²) in [6.45, 7) is 3.68. The first kappa shape index (κ1) is 13.0. The summed E-state index contributed by atoms with van der Waals surface area (Å²) in [6, 6.07) is 0. The molecule has 1 heterocycles. The molecule has 6 heteroatoms. The molecule has 0 aromatic carbocycles. The molecule has 0 spiro atoms. The number of nitrogens with one attached hydrogen (secondary N) is 1. The zero-order chi connectivity index (χ0) is 12.0. The highest BCUT2D eigenvalue weighted by atomic mass is 19.4. The van der Waals surface area contributed by atoms with Crippen molar-refractivity contribution in [2.24, 2.45) is 0 Å². The van der Waals surface area contributed by atoms with Gasteiger partial charge in [0.2, 0.25) is 0 Å². The van der Waals surface area contributed by atoms with Crippen molar-refractivity contribution in [1.29, 1.82) is 0 Å². The van der Waals surface area contributed by atoms with Crippen LogP contribution in [0, 0.1) is 0 Å². The zero-order valence-corrected chi connectivity index (χ0v) is 9.22. The van der Waals surface area contributed by atoms with E-state index in [1.165, 1.54) is 0 Å². The van der Waals surface area contributed by atoms with Gasteiger partial charge in [0.15, 0.2) is 0 Å². The van der Waals surface area contributed by atoms with Crippen molar-refractivity contribution >= 4 is 0 Å². The first-order valence-electron chi connectivity index (χ1n) is 5.30. The molecule has 0 fully saturated rings. The molecule has 0 atom stereocenters. The predicted octanol–water partition coefficient (Wildman–Crippen LogP) is 2.34. The summed E-state index contributed by atoms with van der Waals surface area (Å²) < 4.78 is 37.4. The molecule has 1 N–H and O–H groups in total. The Hall–Kier alpha value is -1.04. The highest BCUT2D eigenvalue weighted by Gasteiger charge is 2.25. The van der Waals surface area contributed by atoms with Crippen LogP contribution in [-0.4, -0.2) is 22.3 Å². The van der Waals surface area contributed by atoms with Crippen molar-refractivity contribution in [3.05, 3.63) is 18.2 Å². The monoisotopic (exact) mass is 235 g/mol. The number of imidazole rings is 1. The van der Waals surface area contributed by atoms with E-state index in [2.05, 4.69) is 10.3 Å². The number of hydrogen-bond donors (Lipinski definition) is 1. The van der Waals surface area contributed by atoms with Gasteiger partial charge in [0.1, 0.15) is 5.82 Å². The maximum Gasteiger partial charge on any atom is 0.389 e. The van der Waals surface area contributed by atoms with Gasteiger partial charge >= 0.3 is 6.18 Å². The number of halogens is 3. The SMILES string of the molecule is CCn1ccnc1CNCCCC(F)(F)F. The van der Waals surface area contributed by atoms with Crippen LogP contribution in [-0.2, 0) is 13.1 Å². The molecule has 92 valence electrons. The Morgan fingerprint density at radius 1 is 1.44 bits per heavy atom. The van der Waals surface area contributed by atoms with Crippen molar-refractivity contribution < 1.29 is 13.2 Å². The van der Waals surface area contributed by atoms with Crippen LogP contribution in [0.2, 0.25) is 0 Å². The Kier molecular flexibility index (Phi) is 4.79. The standard InChI is InChI=1S/C10H16F3N3/c1-2-16-7-6-15-9(16)8-14-5-3-4-10(11,12)13/h6-7,14H,2-5,8H2,1H3. The molecule has 3 nitrogen and oxygen atoms in total. The van der Waals surface area contributed by atoms with Gasteiger partial charge in [0, 0.05) is 25.4 Å². The third kappa shape index (κ3) is 4.65. The second-order valence-corrected chi connectivity index (χ2v) is 3.52. The van der Waals surface area contributed by atoms with E-state index < -0.39 is 12.6 Å². The first-order valence-corrected chi connectivity index (χ1v) is 5.30. The minimum Gasteiger partial charge on any atom is -0.334 e. The van der Waals surface area contributed by atoms with Crippen LogP contribution < -0.4 is 5.32 Å². The first-order chi connectivity index (χ1) is 7.53. The average molecular weight is 235 g/mol. The molecule has 0 aliphatic rings. The summed E-state index contributed by atoms with van der Waals surface area (Å²) in [6.07, 6.45) is -1.13. The van der Waals surface area contributed by atoms with Crippen LogP contribution in [0.25, 0.3) is 0 Å². The molecule has 1 aromatic heterocycles. The van der Waals surface area contributed by atoms with E-state index in [0.717, 1.165) is 12.4 Å². The fraction of sp³-hybridized carbons (Fsp3) is 0.700. The number of aryl methyl sites for hydroxylation is 1. The fourth-order valence-corrected chi connectivity index (χ4v) is 1.41. The smallest absolute Gasteiger partial charge is 0.334 e. The fourth-order valence-electron chi connectivity index (χ4n) is 1.41. The second kappa shape index (κ2) is 5.89. The van der Waals surface area contributed by atoms with Crippen LogP contribution in [0.4, 0.5) is 13.2 Å². The van der Waals surface area contributed by atoms with Gasteiger partial charge in [-0.3, -0.25) is 0 Å². The van der Waals surface area contributed by atoms with E-state index in [0.29, 0.717) is 13.1 Å². The molecule has 0 aliphatic heterocycles. The second-order valence-electron chi connectivity index (χ2n) is 3.52. The van der Waals surface area contributed by atoms with Crippen LogP contribution in [0.5, 0.6) is 0 Å². The van der Waals surface area contributed by atoms with Gasteiger partial charge in [-0.1, -0.05) is 0 Å². The largest absolute Gasteiger partial charge is 0.389 e. The molecule has 0 saturated heterocycles. The minimum absolute atomic E-state index is 0.107. The predicted molar refractivity (Wildman–Crippen MR) is 54.9 cm³/mol. The molecule has 0 saturated carbocycles. The molecular formula is C10H16F3N3. The van der Waals surface area contributed by atoms with E-state index in [4.69, 9.17) is 0 Å². The Balaban J connectivity index is 2.16. The lowest BCUT2D eigenvalue weighted by Crippen LogP contribution is -2.20. The van der Waals surface area contributed by atoms with E-state index in [9.17, 15) is 13.2 Å². The highest BCUT2D eigenvalue weighted by molar-refractivity contribution is 4.91. The lowest BCUT2D eigenvalue weighted by atomic mass is 10.3. The lowest BCUT2D eigenvalue weighted by molar-refractivity contribution is -0.135. The van der Waals surface area contributed by atoms with Crippen LogP contribution in [0.3, 0.4) is 0 Å². The van der Waals surface area contributed by atoms with E-state index in [1.807, 2.05) is 17.7 Å². The van der Waals surface area contributed by atoms with Gasteiger partial charge < -0.3 is 9.88 Å². The maximum atomic E-state index is 11.8. The summed E-state index contributed by atoms with van der Waals surface area (Å²) in [5.74, 6) is 0.856. The quantitative estimate of drug-likeness (QED) is 0.767. The Morgan fingerprint density at radius 3 is 2.81 bits per heavy atom. The molecule has 0 amide bonds. The normalized spacial score (nSPS) is 12.0. The molecule has 0 bridgehead atoms. The van der Waals surface area contributed by atoms with Gasteiger partial charge in [0.25, 0.3) is 0 Å². The van der Waals surface area contributed by atoms with Crippen molar-refractivity contribution in [3.8, 4) is 0 Å². The van der Waals surface area contributed by atoms with Crippen molar-refractivity contribution in [2.75, 3.05) is 6.54 Å². The molecule has 0 aliphatic carbocycles. The van der Waals surface area contributed by atoms with Gasteiger partial charge in [-0.05, 0) is 19.9 Å². The molecular weight excluding hydrogens is 219 g/mol. The Morgan fingerprint density at radius 2 is 2.19 bits per heavy atom. The molecule has 0 radical (unpaired) electrons. The van der Waals surface area contributed by atoms with Crippen molar-refractivity contribution in [3.63, 3.8) is 0 Å². The maximum absolute atomic E-state index is 11.8. The number of nitrogens with zero attached hydrogens (tertiary/aromatic N) is 2. The Labute approximate surface area is 92.7 Å². The topological polar surface area (TPSA) is 29.9 Å². The summed E-state index contributed by atoms with van der Waals surface area (Å²) in [5, 5.41) is 2.95. The summed E-state index contributed by atoms with van der Waals surface area (Å²) in [4.78, 5) is 4.11. The number of alkyl halides is 3. The van der Waals surface area contributed by atoms with E-state index in [-0.39, 0.29) is 6.42 Å². The van der Waals surface area contributed by atoms with Gasteiger partial charge in [0.05, 0.1) is 6.54 Å². The van der Waals surface area contributed by atoms with Crippen molar-refractivity contribution in [1.82, 2.24) is 14.9 Å². The van der Waals surface area contributed by atoms with Gasteiger partial charge in [-0.25, -0.2) is 4.98 Å². The average Bonchev–Trinajstić information content (AvgIpc) is 2.63. The van der Waals surface area contributed by atoms with Crippen molar-refractivity contribution in [2.45, 2.75) is 39.0 Å². The number of hydrogen-bond acceptors (Lipinski definition) is 2. The molecule has 16 heavy (non-hydrogen) atoms. The summed E-state index contributed by atoms with van der Waals surface area (Å²) in [5.41, 5.74) is 0. The molecule has 0 unspecified atom stereocenters. The highest BCUT2D eigenvalue weighted by Crippen LogP contribution is 2.20.